The number of anilines is 2. The highest BCUT2D eigenvalue weighted by atomic mass is 16.6. The molecule has 7 nitrogen and oxygen atoms in total. The zero-order valence-corrected chi connectivity index (χ0v) is 15.2. The number of methoxy groups -OCH3 is 1. The number of para-hydroxylation sites is 1. The number of nitrogens with one attached hydrogen (secondary N) is 1. The molecule has 0 atom stereocenters. The minimum Gasteiger partial charge on any atom is -0.494 e. The topological polar surface area (TPSA) is 84.7 Å². The third-order valence-corrected chi connectivity index (χ3v) is 4.13. The Morgan fingerprint density at radius 3 is 2.29 bits per heavy atom. The predicted molar refractivity (Wildman–Crippen MR) is 108 cm³/mol. The lowest BCUT2D eigenvalue weighted by molar-refractivity contribution is -0.384. The number of carbonyl (C=O) groups excluding carboxylic acids is 1. The van der Waals surface area contributed by atoms with Crippen LogP contribution in [-0.4, -0.2) is 18.1 Å². The smallest absolute Gasteiger partial charge is 0.326 e. The third kappa shape index (κ3) is 4.45. The summed E-state index contributed by atoms with van der Waals surface area (Å²) in [7, 11) is 1.40. The van der Waals surface area contributed by atoms with Gasteiger partial charge in [-0.1, -0.05) is 48.5 Å². The molecule has 0 unspecified atom stereocenters. The monoisotopic (exact) mass is 377 g/mol. The Balaban J connectivity index is 1.88. The van der Waals surface area contributed by atoms with E-state index in [2.05, 4.69) is 5.32 Å². The molecule has 0 saturated carbocycles. The maximum atomic E-state index is 13.0. The first-order chi connectivity index (χ1) is 13.6. The Morgan fingerprint density at radius 2 is 1.68 bits per heavy atom. The quantitative estimate of drug-likeness (QED) is 0.492. The third-order valence-electron chi connectivity index (χ3n) is 4.13. The lowest BCUT2D eigenvalue weighted by Gasteiger charge is -2.24. The summed E-state index contributed by atoms with van der Waals surface area (Å²) in [5, 5.41) is 13.7. The summed E-state index contributed by atoms with van der Waals surface area (Å²) >= 11 is 0. The number of hydrogen-bond acceptors (Lipinski definition) is 4. The number of hydrogen-bond donors (Lipinski definition) is 1. The van der Waals surface area contributed by atoms with E-state index in [-0.39, 0.29) is 17.5 Å². The van der Waals surface area contributed by atoms with Crippen molar-refractivity contribution >= 4 is 23.1 Å². The number of benzene rings is 3. The molecule has 3 aromatic carbocycles. The van der Waals surface area contributed by atoms with Crippen molar-refractivity contribution in [3.63, 3.8) is 0 Å². The molecule has 142 valence electrons. The normalized spacial score (nSPS) is 10.2. The van der Waals surface area contributed by atoms with Gasteiger partial charge in [0.2, 0.25) is 0 Å². The molecule has 3 rings (SSSR count). The molecular weight excluding hydrogens is 358 g/mol. The van der Waals surface area contributed by atoms with E-state index in [1.165, 1.54) is 25.3 Å². The maximum absolute atomic E-state index is 13.0. The number of ether oxygens (including phenoxy) is 1. The van der Waals surface area contributed by atoms with E-state index in [0.29, 0.717) is 12.2 Å². The second-order valence-corrected chi connectivity index (χ2v) is 5.98. The molecule has 2 amide bonds. The van der Waals surface area contributed by atoms with E-state index in [1.54, 1.807) is 4.90 Å². The molecule has 0 bridgehead atoms. The average molecular weight is 377 g/mol. The largest absolute Gasteiger partial charge is 0.494 e. The van der Waals surface area contributed by atoms with Gasteiger partial charge in [-0.15, -0.1) is 0 Å². The van der Waals surface area contributed by atoms with Crippen LogP contribution in [0.25, 0.3) is 0 Å². The van der Waals surface area contributed by atoms with E-state index in [9.17, 15) is 14.9 Å². The van der Waals surface area contributed by atoms with Crippen LogP contribution in [0.1, 0.15) is 5.56 Å². The summed E-state index contributed by atoms with van der Waals surface area (Å²) < 4.78 is 5.20. The molecule has 0 heterocycles. The van der Waals surface area contributed by atoms with Crippen LogP contribution >= 0.6 is 0 Å². The number of amides is 2. The van der Waals surface area contributed by atoms with Crippen molar-refractivity contribution in [1.29, 1.82) is 0 Å². The minimum absolute atomic E-state index is 0.112. The van der Waals surface area contributed by atoms with Gasteiger partial charge in [-0.3, -0.25) is 15.0 Å². The van der Waals surface area contributed by atoms with Crippen molar-refractivity contribution in [2.45, 2.75) is 6.54 Å². The van der Waals surface area contributed by atoms with Crippen molar-refractivity contribution in [2.24, 2.45) is 0 Å². The van der Waals surface area contributed by atoms with Gasteiger partial charge in [-0.2, -0.15) is 0 Å². The van der Waals surface area contributed by atoms with Gasteiger partial charge in [-0.25, -0.2) is 4.79 Å². The zero-order valence-electron chi connectivity index (χ0n) is 15.2. The Kier molecular flexibility index (Phi) is 5.86. The van der Waals surface area contributed by atoms with Crippen LogP contribution in [0.4, 0.5) is 21.9 Å². The lowest BCUT2D eigenvalue weighted by atomic mass is 10.2. The van der Waals surface area contributed by atoms with Gasteiger partial charge in [-0.05, 0) is 23.8 Å². The van der Waals surface area contributed by atoms with Crippen molar-refractivity contribution in [1.82, 2.24) is 0 Å². The SMILES string of the molecule is COc1cc([N+](=O)[O-])ccc1NC(=O)N(Cc1ccccc1)c1ccccc1. The fourth-order valence-corrected chi connectivity index (χ4v) is 2.73. The summed E-state index contributed by atoms with van der Waals surface area (Å²) in [5.74, 6) is 0.218. The molecule has 1 N–H and O–H groups in total. The van der Waals surface area contributed by atoms with E-state index in [4.69, 9.17) is 4.74 Å². The molecule has 0 saturated heterocycles. The first kappa shape index (κ1) is 18.9. The van der Waals surface area contributed by atoms with Gasteiger partial charge in [0.1, 0.15) is 5.75 Å². The molecule has 0 aliphatic rings. The number of rotatable bonds is 6. The number of non-ortho nitro benzene ring substituents is 1. The Labute approximate surface area is 162 Å². The average Bonchev–Trinajstić information content (AvgIpc) is 2.73. The van der Waals surface area contributed by atoms with Crippen LogP contribution in [0, 0.1) is 10.1 Å². The highest BCUT2D eigenvalue weighted by molar-refractivity contribution is 6.02. The van der Waals surface area contributed by atoms with Crippen LogP contribution in [0.3, 0.4) is 0 Å². The van der Waals surface area contributed by atoms with Crippen molar-refractivity contribution in [3.05, 3.63) is 94.5 Å². The Morgan fingerprint density at radius 1 is 1.04 bits per heavy atom. The minimum atomic E-state index is -0.514. The summed E-state index contributed by atoms with van der Waals surface area (Å²) in [5.41, 5.74) is 1.94. The fraction of sp³-hybridized carbons (Fsp3) is 0.0952. The maximum Gasteiger partial charge on any atom is 0.326 e. The number of carbonyl (C=O) groups is 1. The summed E-state index contributed by atoms with van der Waals surface area (Å²) in [6, 6.07) is 22.6. The van der Waals surface area contributed by atoms with E-state index in [1.807, 2.05) is 60.7 Å². The summed E-state index contributed by atoms with van der Waals surface area (Å²) in [6.45, 7) is 0.367. The van der Waals surface area contributed by atoms with Gasteiger partial charge in [0, 0.05) is 11.8 Å². The number of urea groups is 1. The molecule has 0 spiro atoms. The van der Waals surface area contributed by atoms with Crippen LogP contribution in [0.15, 0.2) is 78.9 Å². The lowest BCUT2D eigenvalue weighted by Crippen LogP contribution is -2.34. The molecule has 0 aromatic heterocycles. The van der Waals surface area contributed by atoms with Gasteiger partial charge >= 0.3 is 6.03 Å². The second kappa shape index (κ2) is 8.68. The highest BCUT2D eigenvalue weighted by Gasteiger charge is 2.19. The second-order valence-electron chi connectivity index (χ2n) is 5.98. The number of nitro groups is 1. The van der Waals surface area contributed by atoms with E-state index in [0.717, 1.165) is 11.3 Å². The summed E-state index contributed by atoms with van der Waals surface area (Å²) in [6.07, 6.45) is 0. The molecule has 0 aliphatic carbocycles. The van der Waals surface area contributed by atoms with Crippen molar-refractivity contribution in [3.8, 4) is 5.75 Å². The van der Waals surface area contributed by atoms with Crippen LogP contribution in [0.2, 0.25) is 0 Å². The molecule has 0 radical (unpaired) electrons. The van der Waals surface area contributed by atoms with Gasteiger partial charge in [0.25, 0.3) is 5.69 Å². The first-order valence-electron chi connectivity index (χ1n) is 8.58. The van der Waals surface area contributed by atoms with Crippen molar-refractivity contribution in [2.75, 3.05) is 17.3 Å². The fourth-order valence-electron chi connectivity index (χ4n) is 2.73. The Hall–Kier alpha value is -3.87. The van der Waals surface area contributed by atoms with Crippen LogP contribution < -0.4 is 15.0 Å². The molecule has 0 aliphatic heterocycles. The highest BCUT2D eigenvalue weighted by Crippen LogP contribution is 2.30. The molecule has 0 fully saturated rings. The molecular formula is C21H19N3O4. The number of nitrogens with zero attached hydrogens (tertiary/aromatic N) is 2. The summed E-state index contributed by atoms with van der Waals surface area (Å²) in [4.78, 5) is 25.1. The Bertz CT molecular complexity index is 962. The van der Waals surface area contributed by atoms with Crippen LogP contribution in [0.5, 0.6) is 5.75 Å². The van der Waals surface area contributed by atoms with Gasteiger partial charge in [0.15, 0.2) is 0 Å². The molecule has 7 heteroatoms. The van der Waals surface area contributed by atoms with E-state index >= 15 is 0 Å². The zero-order chi connectivity index (χ0) is 19.9. The molecule has 3 aromatic rings. The standard InChI is InChI=1S/C21H19N3O4/c1-28-20-14-18(24(26)27)12-13-19(20)22-21(25)23(17-10-6-3-7-11-17)15-16-8-4-2-5-9-16/h2-14H,15H2,1H3,(H,22,25). The van der Waals surface area contributed by atoms with Gasteiger partial charge in [0.05, 0.1) is 30.3 Å². The first-order valence-corrected chi connectivity index (χ1v) is 8.58. The van der Waals surface area contributed by atoms with E-state index < -0.39 is 4.92 Å². The number of nitro benzene ring substituents is 1. The van der Waals surface area contributed by atoms with Crippen molar-refractivity contribution < 1.29 is 14.5 Å². The van der Waals surface area contributed by atoms with Gasteiger partial charge < -0.3 is 10.1 Å². The predicted octanol–water partition coefficient (Wildman–Crippen LogP) is 4.84. The molecule has 28 heavy (non-hydrogen) atoms. The van der Waals surface area contributed by atoms with Crippen LogP contribution in [-0.2, 0) is 6.54 Å².